The SMILES string of the molecule is NCCN.O=[N+]([O-])[O-].O=[N+]([O-])[O-].[Pt+4].c1cnc(-c2cnccn2)cn1. The van der Waals surface area contributed by atoms with Gasteiger partial charge in [0.1, 0.15) is 11.4 Å². The van der Waals surface area contributed by atoms with Gasteiger partial charge < -0.3 is 42.1 Å². The molecule has 0 aliphatic rings. The van der Waals surface area contributed by atoms with Gasteiger partial charge in [-0.25, -0.2) is 0 Å². The third-order valence-corrected chi connectivity index (χ3v) is 1.56. The molecule has 4 N–H and O–H groups in total. The van der Waals surface area contributed by atoms with Crippen LogP contribution >= 0.6 is 0 Å². The molecular weight excluding hydrogens is 523 g/mol. The zero-order valence-electron chi connectivity index (χ0n) is 12.5. The first-order valence-corrected chi connectivity index (χ1v) is 5.90. The number of rotatable bonds is 2. The molecule has 0 bridgehead atoms. The summed E-state index contributed by atoms with van der Waals surface area (Å²) < 4.78 is 0. The van der Waals surface area contributed by atoms with Gasteiger partial charge in [-0.15, -0.1) is 0 Å². The van der Waals surface area contributed by atoms with Gasteiger partial charge in [-0.3, -0.25) is 19.9 Å². The summed E-state index contributed by atoms with van der Waals surface area (Å²) in [5.74, 6) is 0. The summed E-state index contributed by atoms with van der Waals surface area (Å²) in [7, 11) is 0. The zero-order valence-corrected chi connectivity index (χ0v) is 14.8. The van der Waals surface area contributed by atoms with Crippen LogP contribution in [0.15, 0.2) is 37.2 Å². The summed E-state index contributed by atoms with van der Waals surface area (Å²) in [6.45, 7) is 1.19. The predicted molar refractivity (Wildman–Crippen MR) is 81.9 cm³/mol. The van der Waals surface area contributed by atoms with E-state index in [4.69, 9.17) is 42.1 Å². The average Bonchev–Trinajstić information content (AvgIpc) is 2.56. The number of aromatic nitrogens is 4. The Morgan fingerprint density at radius 3 is 1.20 bits per heavy atom. The van der Waals surface area contributed by atoms with Crippen LogP contribution in [0.1, 0.15) is 0 Å². The molecule has 0 radical (unpaired) electrons. The summed E-state index contributed by atoms with van der Waals surface area (Å²) in [4.78, 5) is 32.5. The zero-order chi connectivity index (χ0) is 18.8. The minimum absolute atomic E-state index is 0. The molecule has 25 heavy (non-hydrogen) atoms. The molecule has 0 aliphatic carbocycles. The minimum atomic E-state index is -1.75. The molecule has 14 nitrogen and oxygen atoms in total. The van der Waals surface area contributed by atoms with E-state index in [2.05, 4.69) is 19.9 Å². The van der Waals surface area contributed by atoms with Gasteiger partial charge in [-0.05, 0) is 0 Å². The first kappa shape index (κ1) is 27.0. The maximum absolute atomic E-state index is 8.25. The summed E-state index contributed by atoms with van der Waals surface area (Å²) >= 11 is 0. The molecule has 0 aromatic carbocycles. The van der Waals surface area contributed by atoms with Crippen molar-refractivity contribution in [1.29, 1.82) is 0 Å². The van der Waals surface area contributed by atoms with Crippen molar-refractivity contribution in [3.05, 3.63) is 67.8 Å². The van der Waals surface area contributed by atoms with E-state index in [0.29, 0.717) is 13.1 Å². The molecule has 2 aromatic heterocycles. The third kappa shape index (κ3) is 23.6. The van der Waals surface area contributed by atoms with E-state index < -0.39 is 10.2 Å². The second-order valence-corrected chi connectivity index (χ2v) is 3.21. The van der Waals surface area contributed by atoms with Gasteiger partial charge in [0.15, 0.2) is 0 Å². The van der Waals surface area contributed by atoms with Crippen LogP contribution < -0.4 is 11.5 Å². The van der Waals surface area contributed by atoms with Crippen LogP contribution in [-0.2, 0) is 21.1 Å². The van der Waals surface area contributed by atoms with Crippen molar-refractivity contribution in [2.75, 3.05) is 13.1 Å². The fourth-order valence-electron chi connectivity index (χ4n) is 0.863. The molecule has 15 heteroatoms. The monoisotopic (exact) mass is 537 g/mol. The first-order valence-electron chi connectivity index (χ1n) is 5.90. The van der Waals surface area contributed by atoms with Crippen molar-refractivity contribution in [1.82, 2.24) is 19.9 Å². The van der Waals surface area contributed by atoms with Crippen molar-refractivity contribution in [3.8, 4) is 11.4 Å². The molecule has 0 unspecified atom stereocenters. The van der Waals surface area contributed by atoms with Crippen LogP contribution in [0.4, 0.5) is 0 Å². The van der Waals surface area contributed by atoms with Gasteiger partial charge in [0.25, 0.3) is 0 Å². The van der Waals surface area contributed by atoms with Gasteiger partial charge >= 0.3 is 21.1 Å². The van der Waals surface area contributed by atoms with E-state index in [1.807, 2.05) is 0 Å². The Bertz CT molecular complexity index is 504. The second-order valence-electron chi connectivity index (χ2n) is 3.21. The molecule has 0 amide bonds. The summed E-state index contributed by atoms with van der Waals surface area (Å²) in [6.07, 6.45) is 9.82. The van der Waals surface area contributed by atoms with E-state index in [-0.39, 0.29) is 21.1 Å². The van der Waals surface area contributed by atoms with E-state index in [9.17, 15) is 0 Å². The predicted octanol–water partition coefficient (Wildman–Crippen LogP) is -0.643. The Kier molecular flexibility index (Phi) is 20.8. The molecule has 0 saturated carbocycles. The largest absolute Gasteiger partial charge is 4.00 e. The van der Waals surface area contributed by atoms with Crippen LogP contribution in [0.25, 0.3) is 11.4 Å². The van der Waals surface area contributed by atoms with Gasteiger partial charge in [-0.2, -0.15) is 0 Å². The molecule has 2 rings (SSSR count). The van der Waals surface area contributed by atoms with Crippen molar-refractivity contribution in [3.63, 3.8) is 0 Å². The molecular formula is C10H14N8O6Pt+2. The summed E-state index contributed by atoms with van der Waals surface area (Å²) in [5.41, 5.74) is 11.3. The molecule has 0 aliphatic heterocycles. The van der Waals surface area contributed by atoms with Crippen LogP contribution in [0, 0.1) is 30.6 Å². The molecule has 2 aromatic rings. The first-order chi connectivity index (χ1) is 11.3. The fourth-order valence-corrected chi connectivity index (χ4v) is 0.863. The third-order valence-electron chi connectivity index (χ3n) is 1.56. The Balaban J connectivity index is -0.000000314. The van der Waals surface area contributed by atoms with Crippen molar-refractivity contribution in [2.24, 2.45) is 11.5 Å². The molecule has 0 spiro atoms. The van der Waals surface area contributed by atoms with Gasteiger partial charge in [0.05, 0.1) is 22.6 Å². The van der Waals surface area contributed by atoms with Gasteiger partial charge in [-0.1, -0.05) is 0 Å². The van der Waals surface area contributed by atoms with Crippen molar-refractivity contribution >= 4 is 0 Å². The Hall–Kier alpha value is -2.83. The van der Waals surface area contributed by atoms with Crippen LogP contribution in [0.3, 0.4) is 0 Å². The standard InChI is InChI=1S/C8H6N4.C2H8N2.2NO3.Pt/c1-3-11-7(5-9-1)8-6-10-2-4-12-8;3-1-2-4;2*2-1(3)4;/h1-6H;1-4H2;;;/q;;2*-1;+4. The summed E-state index contributed by atoms with van der Waals surface area (Å²) in [5, 5.41) is 29.5. The topological polar surface area (TPSA) is 236 Å². The molecule has 0 fully saturated rings. The number of hydrogen-bond acceptors (Lipinski definition) is 12. The smallest absolute Gasteiger partial charge is 0.356 e. The maximum atomic E-state index is 8.25. The van der Waals surface area contributed by atoms with Gasteiger partial charge in [0.2, 0.25) is 0 Å². The average molecular weight is 537 g/mol. The van der Waals surface area contributed by atoms with E-state index in [1.165, 1.54) is 0 Å². The molecule has 138 valence electrons. The molecule has 0 saturated heterocycles. The van der Waals surface area contributed by atoms with E-state index in [0.717, 1.165) is 11.4 Å². The molecule has 0 atom stereocenters. The normalized spacial score (nSPS) is 7.76. The number of nitrogens with two attached hydrogens (primary N) is 2. The maximum Gasteiger partial charge on any atom is 4.00 e. The van der Waals surface area contributed by atoms with Crippen LogP contribution in [0.2, 0.25) is 0 Å². The van der Waals surface area contributed by atoms with E-state index in [1.54, 1.807) is 37.2 Å². The van der Waals surface area contributed by atoms with Crippen molar-refractivity contribution < 1.29 is 31.2 Å². The number of nitrogens with zero attached hydrogens (tertiary/aromatic N) is 6. The van der Waals surface area contributed by atoms with E-state index >= 15 is 0 Å². The fraction of sp³-hybridized carbons (Fsp3) is 0.200. The second kappa shape index (κ2) is 19.2. The minimum Gasteiger partial charge on any atom is -0.356 e. The Morgan fingerprint density at radius 1 is 0.760 bits per heavy atom. The quantitative estimate of drug-likeness (QED) is 0.359. The Labute approximate surface area is 155 Å². The number of hydrogen-bond donors (Lipinski definition) is 2. The van der Waals surface area contributed by atoms with Crippen LogP contribution in [-0.4, -0.2) is 43.2 Å². The summed E-state index contributed by atoms with van der Waals surface area (Å²) in [6, 6.07) is 0. The van der Waals surface area contributed by atoms with Gasteiger partial charge in [0, 0.05) is 37.9 Å². The Morgan fingerprint density at radius 2 is 1.04 bits per heavy atom. The van der Waals surface area contributed by atoms with Crippen LogP contribution in [0.5, 0.6) is 0 Å². The molecule has 2 heterocycles. The van der Waals surface area contributed by atoms with Crippen molar-refractivity contribution in [2.45, 2.75) is 0 Å².